The van der Waals surface area contributed by atoms with E-state index in [0.29, 0.717) is 18.0 Å². The molecule has 0 unspecified atom stereocenters. The number of aliphatic carboxylic acids is 1. The number of fused-ring (bicyclic) bond motifs is 1. The molecule has 0 saturated heterocycles. The van der Waals surface area contributed by atoms with Crippen molar-refractivity contribution >= 4 is 45.3 Å². The number of halogens is 1. The minimum Gasteiger partial charge on any atom is -0.474 e. The number of carbonyl (C=O) groups is 2. The average molecular weight is 302 g/mol. The molecule has 1 aliphatic rings. The normalized spacial score (nSPS) is 14.4. The van der Waals surface area contributed by atoms with Gasteiger partial charge in [-0.25, -0.2) is 4.79 Å². The number of carboxylic acid groups (broad SMARTS) is 1. The van der Waals surface area contributed by atoms with Gasteiger partial charge >= 0.3 is 11.9 Å². The molecule has 84 valence electrons. The van der Waals surface area contributed by atoms with Crippen molar-refractivity contribution < 1.29 is 14.7 Å². The van der Waals surface area contributed by atoms with E-state index in [2.05, 4.69) is 15.9 Å². The summed E-state index contributed by atoms with van der Waals surface area (Å²) in [6.07, 6.45) is 0. The summed E-state index contributed by atoms with van der Waals surface area (Å²) in [5.74, 6) is -1.59. The maximum absolute atomic E-state index is 11.5. The lowest BCUT2D eigenvalue weighted by Gasteiger charge is -2.28. The van der Waals surface area contributed by atoms with Gasteiger partial charge in [-0.15, -0.1) is 11.8 Å². The van der Waals surface area contributed by atoms with Crippen LogP contribution >= 0.6 is 27.7 Å². The van der Waals surface area contributed by atoms with Crippen molar-refractivity contribution in [2.75, 3.05) is 17.2 Å². The van der Waals surface area contributed by atoms with Gasteiger partial charge in [0.1, 0.15) is 0 Å². The van der Waals surface area contributed by atoms with Crippen LogP contribution in [0.3, 0.4) is 0 Å². The predicted octanol–water partition coefficient (Wildman–Crippen LogP) is 1.97. The van der Waals surface area contributed by atoms with Crippen LogP contribution in [0, 0.1) is 0 Å². The summed E-state index contributed by atoms with van der Waals surface area (Å²) >= 11 is 4.96. The molecule has 1 N–H and O–H groups in total. The minimum absolute atomic E-state index is 0.422. The molecule has 0 radical (unpaired) electrons. The van der Waals surface area contributed by atoms with E-state index < -0.39 is 11.9 Å². The monoisotopic (exact) mass is 301 g/mol. The van der Waals surface area contributed by atoms with Gasteiger partial charge in [0.2, 0.25) is 0 Å². The van der Waals surface area contributed by atoms with Crippen molar-refractivity contribution in [2.24, 2.45) is 0 Å². The Balaban J connectivity index is 2.47. The lowest BCUT2D eigenvalue weighted by Crippen LogP contribution is -2.40. The molecule has 0 aromatic heterocycles. The van der Waals surface area contributed by atoms with Crippen LogP contribution < -0.4 is 4.90 Å². The summed E-state index contributed by atoms with van der Waals surface area (Å²) in [7, 11) is 0. The van der Waals surface area contributed by atoms with Gasteiger partial charge in [-0.3, -0.25) is 9.69 Å². The first-order chi connectivity index (χ1) is 7.61. The summed E-state index contributed by atoms with van der Waals surface area (Å²) in [6, 6.07) is 5.55. The molecule has 4 nitrogen and oxygen atoms in total. The maximum atomic E-state index is 11.5. The second kappa shape index (κ2) is 4.47. The third kappa shape index (κ3) is 1.94. The molecule has 2 rings (SSSR count). The Labute approximate surface area is 105 Å². The fourth-order valence-corrected chi connectivity index (χ4v) is 3.29. The molecule has 0 saturated carbocycles. The lowest BCUT2D eigenvalue weighted by atomic mass is 10.2. The standard InChI is InChI=1S/C10H8BrNO3S/c11-6-2-1-3-7-8(6)12(4-5-16-7)9(13)10(14)15/h1-3H,4-5H2,(H,14,15). The molecule has 6 heteroatoms. The number of rotatable bonds is 0. The zero-order chi connectivity index (χ0) is 11.7. The molecule has 0 bridgehead atoms. The van der Waals surface area contributed by atoms with Crippen molar-refractivity contribution in [1.29, 1.82) is 0 Å². The zero-order valence-electron chi connectivity index (χ0n) is 8.14. The number of hydrogen-bond donors (Lipinski definition) is 1. The molecule has 0 aliphatic carbocycles. The van der Waals surface area contributed by atoms with E-state index in [1.807, 2.05) is 12.1 Å². The second-order valence-electron chi connectivity index (χ2n) is 3.20. The minimum atomic E-state index is -1.42. The highest BCUT2D eigenvalue weighted by molar-refractivity contribution is 9.10. The van der Waals surface area contributed by atoms with Crippen molar-refractivity contribution in [3.63, 3.8) is 0 Å². The first kappa shape index (κ1) is 11.5. The number of carboxylic acids is 1. The predicted molar refractivity (Wildman–Crippen MR) is 64.9 cm³/mol. The van der Waals surface area contributed by atoms with Crippen molar-refractivity contribution in [3.8, 4) is 0 Å². The second-order valence-corrected chi connectivity index (χ2v) is 5.19. The first-order valence-corrected chi connectivity index (χ1v) is 6.35. The number of nitrogens with zero attached hydrogens (tertiary/aromatic N) is 1. The molecule has 1 amide bonds. The van der Waals surface area contributed by atoms with Crippen molar-refractivity contribution in [3.05, 3.63) is 22.7 Å². The van der Waals surface area contributed by atoms with E-state index in [-0.39, 0.29) is 0 Å². The Kier molecular flexibility index (Phi) is 3.20. The molecular formula is C10H8BrNO3S. The van der Waals surface area contributed by atoms with Crippen LogP contribution in [0.4, 0.5) is 5.69 Å². The van der Waals surface area contributed by atoms with E-state index in [4.69, 9.17) is 5.11 Å². The molecule has 1 heterocycles. The van der Waals surface area contributed by atoms with Gasteiger partial charge in [0.25, 0.3) is 0 Å². The third-order valence-electron chi connectivity index (χ3n) is 2.22. The Morgan fingerprint density at radius 1 is 1.44 bits per heavy atom. The highest BCUT2D eigenvalue weighted by Gasteiger charge is 2.28. The summed E-state index contributed by atoms with van der Waals surface area (Å²) in [5, 5.41) is 8.74. The van der Waals surface area contributed by atoms with Crippen molar-refractivity contribution in [1.82, 2.24) is 0 Å². The van der Waals surface area contributed by atoms with E-state index >= 15 is 0 Å². The molecule has 16 heavy (non-hydrogen) atoms. The van der Waals surface area contributed by atoms with Gasteiger partial charge < -0.3 is 5.11 Å². The average Bonchev–Trinajstić information content (AvgIpc) is 2.27. The first-order valence-electron chi connectivity index (χ1n) is 4.57. The van der Waals surface area contributed by atoms with Crippen LogP contribution in [-0.4, -0.2) is 29.3 Å². The summed E-state index contributed by atoms with van der Waals surface area (Å²) in [5.41, 5.74) is 0.658. The van der Waals surface area contributed by atoms with Crippen LogP contribution in [0.2, 0.25) is 0 Å². The third-order valence-corrected chi connectivity index (χ3v) is 3.89. The zero-order valence-corrected chi connectivity index (χ0v) is 10.5. The number of anilines is 1. The quantitative estimate of drug-likeness (QED) is 0.745. The molecule has 0 atom stereocenters. The number of carbonyl (C=O) groups excluding carboxylic acids is 1. The highest BCUT2D eigenvalue weighted by Crippen LogP contribution is 2.39. The molecule has 1 aromatic carbocycles. The van der Waals surface area contributed by atoms with E-state index in [9.17, 15) is 9.59 Å². The van der Waals surface area contributed by atoms with Crippen LogP contribution in [0.25, 0.3) is 0 Å². The van der Waals surface area contributed by atoms with E-state index in [1.165, 1.54) is 4.90 Å². The van der Waals surface area contributed by atoms with Gasteiger partial charge in [-0.2, -0.15) is 0 Å². The number of hydrogen-bond acceptors (Lipinski definition) is 3. The Bertz CT molecular complexity index is 463. The van der Waals surface area contributed by atoms with Gasteiger partial charge in [-0.05, 0) is 28.1 Å². The number of thioether (sulfide) groups is 1. The number of benzene rings is 1. The maximum Gasteiger partial charge on any atom is 0.394 e. The Hall–Kier alpha value is -1.01. The van der Waals surface area contributed by atoms with Crippen LogP contribution in [0.5, 0.6) is 0 Å². The van der Waals surface area contributed by atoms with Crippen molar-refractivity contribution in [2.45, 2.75) is 4.90 Å². The van der Waals surface area contributed by atoms with Crippen LogP contribution in [0.1, 0.15) is 0 Å². The van der Waals surface area contributed by atoms with Gasteiger partial charge in [-0.1, -0.05) is 6.07 Å². The topological polar surface area (TPSA) is 57.6 Å². The van der Waals surface area contributed by atoms with Crippen LogP contribution in [-0.2, 0) is 9.59 Å². The van der Waals surface area contributed by atoms with Gasteiger partial charge in [0.05, 0.1) is 5.69 Å². The smallest absolute Gasteiger partial charge is 0.394 e. The van der Waals surface area contributed by atoms with E-state index in [0.717, 1.165) is 9.37 Å². The number of para-hydroxylation sites is 1. The molecular weight excluding hydrogens is 294 g/mol. The molecule has 0 spiro atoms. The van der Waals surface area contributed by atoms with Gasteiger partial charge in [0, 0.05) is 21.7 Å². The summed E-state index contributed by atoms with van der Waals surface area (Å²) in [4.78, 5) is 24.4. The Morgan fingerprint density at radius 3 is 2.88 bits per heavy atom. The Morgan fingerprint density at radius 2 is 2.19 bits per heavy atom. The highest BCUT2D eigenvalue weighted by atomic mass is 79.9. The summed E-state index contributed by atoms with van der Waals surface area (Å²) < 4.78 is 0.742. The largest absolute Gasteiger partial charge is 0.474 e. The fourth-order valence-electron chi connectivity index (χ4n) is 1.55. The number of amides is 1. The molecule has 1 aromatic rings. The molecule has 1 aliphatic heterocycles. The van der Waals surface area contributed by atoms with E-state index in [1.54, 1.807) is 17.8 Å². The van der Waals surface area contributed by atoms with Gasteiger partial charge in [0.15, 0.2) is 0 Å². The lowest BCUT2D eigenvalue weighted by molar-refractivity contribution is -0.148. The summed E-state index contributed by atoms with van der Waals surface area (Å²) in [6.45, 7) is 0.422. The SMILES string of the molecule is O=C(O)C(=O)N1CCSc2cccc(Br)c21. The van der Waals surface area contributed by atoms with Crippen LogP contribution in [0.15, 0.2) is 27.6 Å². The molecule has 0 fully saturated rings. The fraction of sp³-hybridized carbons (Fsp3) is 0.200.